The fourth-order valence-corrected chi connectivity index (χ4v) is 1.84. The summed E-state index contributed by atoms with van der Waals surface area (Å²) in [5.74, 6) is 0.938. The first-order valence-electron chi connectivity index (χ1n) is 5.80. The zero-order valence-electron chi connectivity index (χ0n) is 9.80. The summed E-state index contributed by atoms with van der Waals surface area (Å²) < 4.78 is 0. The van der Waals surface area contributed by atoms with Crippen LogP contribution >= 0.6 is 0 Å². The molecule has 5 heteroatoms. The maximum absolute atomic E-state index is 4.49. The zero-order valence-corrected chi connectivity index (χ0v) is 9.80. The minimum Gasteiger partial charge on any atom is -0.341 e. The maximum atomic E-state index is 4.49. The third-order valence-corrected chi connectivity index (χ3v) is 2.67. The molecule has 3 aromatic rings. The van der Waals surface area contributed by atoms with Gasteiger partial charge in [0.25, 0.3) is 0 Å². The molecule has 0 aliphatic rings. The molecule has 2 heterocycles. The summed E-state index contributed by atoms with van der Waals surface area (Å²) in [5.41, 5.74) is 3.13. The highest BCUT2D eigenvalue weighted by molar-refractivity contribution is 5.74. The van der Waals surface area contributed by atoms with Crippen LogP contribution in [0, 0.1) is 0 Å². The molecule has 1 aromatic carbocycles. The number of imidazole rings is 1. The van der Waals surface area contributed by atoms with Gasteiger partial charge in [0.05, 0.1) is 17.6 Å². The van der Waals surface area contributed by atoms with Gasteiger partial charge in [0.2, 0.25) is 0 Å². The van der Waals surface area contributed by atoms with Gasteiger partial charge in [-0.15, -0.1) is 0 Å². The Morgan fingerprint density at radius 3 is 2.72 bits per heavy atom. The van der Waals surface area contributed by atoms with Crippen LogP contribution in [0.2, 0.25) is 0 Å². The van der Waals surface area contributed by atoms with Crippen molar-refractivity contribution >= 4 is 11.0 Å². The Morgan fingerprint density at radius 2 is 1.89 bits per heavy atom. The molecular formula is C13H13N5. The molecule has 90 valence electrons. The molecule has 2 aromatic heterocycles. The molecule has 0 spiro atoms. The molecular weight excluding hydrogens is 226 g/mol. The van der Waals surface area contributed by atoms with Gasteiger partial charge < -0.3 is 10.3 Å². The number of aromatic amines is 1. The molecule has 0 saturated heterocycles. The second kappa shape index (κ2) is 4.93. The van der Waals surface area contributed by atoms with E-state index in [0.717, 1.165) is 29.0 Å². The van der Waals surface area contributed by atoms with E-state index >= 15 is 0 Å². The van der Waals surface area contributed by atoms with Crippen molar-refractivity contribution < 1.29 is 0 Å². The second-order valence-electron chi connectivity index (χ2n) is 4.05. The fraction of sp³-hybridized carbons (Fsp3) is 0.154. The SMILES string of the molecule is c1ccc2[nH]c(CNCc3cncnc3)nc2c1. The van der Waals surface area contributed by atoms with E-state index in [-0.39, 0.29) is 0 Å². The lowest BCUT2D eigenvalue weighted by molar-refractivity contribution is 0.666. The van der Waals surface area contributed by atoms with Crippen LogP contribution in [0.3, 0.4) is 0 Å². The van der Waals surface area contributed by atoms with Crippen molar-refractivity contribution in [1.29, 1.82) is 0 Å². The normalized spacial score (nSPS) is 10.9. The lowest BCUT2D eigenvalue weighted by Gasteiger charge is -2.01. The summed E-state index contributed by atoms with van der Waals surface area (Å²) in [7, 11) is 0. The molecule has 18 heavy (non-hydrogen) atoms. The fourth-order valence-electron chi connectivity index (χ4n) is 1.84. The van der Waals surface area contributed by atoms with E-state index in [1.807, 2.05) is 24.3 Å². The van der Waals surface area contributed by atoms with Crippen molar-refractivity contribution in [3.63, 3.8) is 0 Å². The predicted molar refractivity (Wildman–Crippen MR) is 68.7 cm³/mol. The average molecular weight is 239 g/mol. The van der Waals surface area contributed by atoms with E-state index in [2.05, 4.69) is 25.3 Å². The highest BCUT2D eigenvalue weighted by Gasteiger charge is 2.01. The lowest BCUT2D eigenvalue weighted by Crippen LogP contribution is -2.13. The molecule has 5 nitrogen and oxygen atoms in total. The molecule has 0 radical (unpaired) electrons. The van der Waals surface area contributed by atoms with Crippen molar-refractivity contribution in [2.24, 2.45) is 0 Å². The van der Waals surface area contributed by atoms with E-state index in [4.69, 9.17) is 0 Å². The van der Waals surface area contributed by atoms with Crippen LogP contribution in [-0.4, -0.2) is 19.9 Å². The number of fused-ring (bicyclic) bond motifs is 1. The quantitative estimate of drug-likeness (QED) is 0.726. The molecule has 2 N–H and O–H groups in total. The molecule has 0 saturated carbocycles. The minimum atomic E-state index is 0.698. The van der Waals surface area contributed by atoms with Gasteiger partial charge in [0, 0.05) is 24.5 Å². The van der Waals surface area contributed by atoms with E-state index in [0.29, 0.717) is 6.54 Å². The summed E-state index contributed by atoms with van der Waals surface area (Å²) >= 11 is 0. The monoisotopic (exact) mass is 239 g/mol. The Morgan fingerprint density at radius 1 is 1.06 bits per heavy atom. The molecule has 0 atom stereocenters. The van der Waals surface area contributed by atoms with Crippen LogP contribution < -0.4 is 5.32 Å². The Balaban J connectivity index is 1.63. The van der Waals surface area contributed by atoms with Crippen LogP contribution in [-0.2, 0) is 13.1 Å². The summed E-state index contributed by atoms with van der Waals surface area (Å²) in [6.07, 6.45) is 5.14. The van der Waals surface area contributed by atoms with Crippen molar-refractivity contribution in [3.05, 3.63) is 54.4 Å². The Labute approximate surface area is 104 Å². The van der Waals surface area contributed by atoms with Crippen molar-refractivity contribution in [1.82, 2.24) is 25.3 Å². The average Bonchev–Trinajstić information content (AvgIpc) is 2.82. The van der Waals surface area contributed by atoms with E-state index in [1.165, 1.54) is 6.33 Å². The van der Waals surface area contributed by atoms with Gasteiger partial charge in [-0.05, 0) is 12.1 Å². The number of H-pyrrole nitrogens is 1. The third kappa shape index (κ3) is 2.36. The molecule has 0 amide bonds. The van der Waals surface area contributed by atoms with Crippen molar-refractivity contribution in [2.75, 3.05) is 0 Å². The Hall–Kier alpha value is -2.27. The van der Waals surface area contributed by atoms with Crippen LogP contribution in [0.15, 0.2) is 43.0 Å². The van der Waals surface area contributed by atoms with Crippen molar-refractivity contribution in [3.8, 4) is 0 Å². The van der Waals surface area contributed by atoms with Gasteiger partial charge in [0.1, 0.15) is 12.2 Å². The lowest BCUT2D eigenvalue weighted by atomic mass is 10.3. The number of benzene rings is 1. The van der Waals surface area contributed by atoms with E-state index in [1.54, 1.807) is 12.4 Å². The maximum Gasteiger partial charge on any atom is 0.121 e. The summed E-state index contributed by atoms with van der Waals surface area (Å²) in [4.78, 5) is 15.7. The summed E-state index contributed by atoms with van der Waals surface area (Å²) in [6, 6.07) is 8.01. The van der Waals surface area contributed by atoms with Crippen LogP contribution in [0.5, 0.6) is 0 Å². The van der Waals surface area contributed by atoms with Gasteiger partial charge in [-0.25, -0.2) is 15.0 Å². The molecule has 0 unspecified atom stereocenters. The first-order chi connectivity index (χ1) is 8.92. The van der Waals surface area contributed by atoms with Crippen LogP contribution in [0.1, 0.15) is 11.4 Å². The predicted octanol–water partition coefficient (Wildman–Crippen LogP) is 1.64. The van der Waals surface area contributed by atoms with Gasteiger partial charge in [0.15, 0.2) is 0 Å². The molecule has 0 bridgehead atoms. The summed E-state index contributed by atoms with van der Waals surface area (Å²) in [5, 5.41) is 3.31. The highest BCUT2D eigenvalue weighted by Crippen LogP contribution is 2.09. The topological polar surface area (TPSA) is 66.5 Å². The Bertz CT molecular complexity index is 599. The number of hydrogen-bond donors (Lipinski definition) is 2. The van der Waals surface area contributed by atoms with E-state index in [9.17, 15) is 0 Å². The van der Waals surface area contributed by atoms with Gasteiger partial charge in [-0.2, -0.15) is 0 Å². The van der Waals surface area contributed by atoms with Gasteiger partial charge in [-0.3, -0.25) is 0 Å². The number of aromatic nitrogens is 4. The smallest absolute Gasteiger partial charge is 0.121 e. The van der Waals surface area contributed by atoms with E-state index < -0.39 is 0 Å². The van der Waals surface area contributed by atoms with Crippen molar-refractivity contribution in [2.45, 2.75) is 13.1 Å². The largest absolute Gasteiger partial charge is 0.341 e. The first kappa shape index (κ1) is 10.9. The highest BCUT2D eigenvalue weighted by atomic mass is 15.0. The second-order valence-corrected chi connectivity index (χ2v) is 4.05. The first-order valence-corrected chi connectivity index (χ1v) is 5.80. The molecule has 0 fully saturated rings. The number of nitrogens with zero attached hydrogens (tertiary/aromatic N) is 3. The zero-order chi connectivity index (χ0) is 12.2. The summed E-state index contributed by atoms with van der Waals surface area (Å²) in [6.45, 7) is 1.43. The van der Waals surface area contributed by atoms with Gasteiger partial charge in [-0.1, -0.05) is 12.1 Å². The molecule has 0 aliphatic heterocycles. The standard InChI is InChI=1S/C13H13N5/c1-2-4-12-11(3-1)17-13(18-12)8-14-5-10-6-15-9-16-7-10/h1-4,6-7,9,14H,5,8H2,(H,17,18). The molecule has 0 aliphatic carbocycles. The van der Waals surface area contributed by atoms with Crippen LogP contribution in [0.25, 0.3) is 11.0 Å². The number of para-hydroxylation sites is 2. The number of nitrogens with one attached hydrogen (secondary N) is 2. The number of rotatable bonds is 4. The van der Waals surface area contributed by atoms with Gasteiger partial charge >= 0.3 is 0 Å². The minimum absolute atomic E-state index is 0.698. The third-order valence-electron chi connectivity index (χ3n) is 2.67. The van der Waals surface area contributed by atoms with Crippen LogP contribution in [0.4, 0.5) is 0 Å². The molecule has 3 rings (SSSR count). The number of hydrogen-bond acceptors (Lipinski definition) is 4. The Kier molecular flexibility index (Phi) is 2.97.